The Bertz CT molecular complexity index is 642. The second kappa shape index (κ2) is 5.58. The van der Waals surface area contributed by atoms with Gasteiger partial charge in [0.15, 0.2) is 0 Å². The highest BCUT2D eigenvalue weighted by Gasteiger charge is 2.34. The average Bonchev–Trinajstić information content (AvgIpc) is 2.39. The summed E-state index contributed by atoms with van der Waals surface area (Å²) in [5, 5.41) is 1.20. The Labute approximate surface area is 130 Å². The first-order valence-corrected chi connectivity index (χ1v) is 11.6. The van der Waals surface area contributed by atoms with Crippen molar-refractivity contribution in [2.45, 2.75) is 0 Å². The van der Waals surface area contributed by atoms with E-state index >= 15 is 0 Å². The van der Waals surface area contributed by atoms with Crippen LogP contribution in [0.15, 0.2) is 54.6 Å². The van der Waals surface area contributed by atoms with Gasteiger partial charge in [0, 0.05) is 5.30 Å². The van der Waals surface area contributed by atoms with Gasteiger partial charge in [-0.15, -0.1) is 0 Å². The number of ether oxygens (including phenoxy) is 1. The van der Waals surface area contributed by atoms with E-state index in [1.807, 2.05) is 42.5 Å². The van der Waals surface area contributed by atoms with Crippen LogP contribution >= 0.6 is 39.4 Å². The first-order valence-electron chi connectivity index (χ1n) is 5.52. The van der Waals surface area contributed by atoms with Crippen LogP contribution in [-0.4, -0.2) is 3.53 Å². The van der Waals surface area contributed by atoms with Gasteiger partial charge in [-0.2, -0.15) is 0 Å². The molecule has 1 saturated heterocycles. The van der Waals surface area contributed by atoms with Crippen molar-refractivity contribution in [1.82, 2.24) is 0 Å². The van der Waals surface area contributed by atoms with Crippen LogP contribution in [0.4, 0.5) is 0 Å². The molecule has 0 bridgehead atoms. The van der Waals surface area contributed by atoms with Crippen LogP contribution in [0.3, 0.4) is 0 Å². The minimum Gasteiger partial charge on any atom is -0.457 e. The quantitative estimate of drug-likeness (QED) is 0.561. The zero-order valence-corrected chi connectivity index (χ0v) is 13.8. The second-order valence-electron chi connectivity index (χ2n) is 3.84. The van der Waals surface area contributed by atoms with E-state index in [9.17, 15) is 0 Å². The molecular formula is C13H9OPS4. The molecule has 0 atom stereocenters. The Hall–Kier alpha value is -0.320. The summed E-state index contributed by atoms with van der Waals surface area (Å²) in [4.78, 5) is 0. The van der Waals surface area contributed by atoms with Crippen LogP contribution < -0.4 is 10.0 Å². The van der Waals surface area contributed by atoms with Gasteiger partial charge in [-0.05, 0) is 36.4 Å². The van der Waals surface area contributed by atoms with E-state index < -0.39 is 4.44 Å². The highest BCUT2D eigenvalue weighted by molar-refractivity contribution is 9.21. The van der Waals surface area contributed by atoms with Crippen LogP contribution in [0, 0.1) is 0 Å². The third kappa shape index (κ3) is 3.06. The Morgan fingerprint density at radius 3 is 2.00 bits per heavy atom. The Morgan fingerprint density at radius 2 is 1.42 bits per heavy atom. The summed E-state index contributed by atoms with van der Waals surface area (Å²) >= 11 is 14.1. The van der Waals surface area contributed by atoms with E-state index in [1.54, 1.807) is 22.8 Å². The summed E-state index contributed by atoms with van der Waals surface area (Å²) in [6.07, 6.45) is 0. The molecule has 0 spiro atoms. The maximum absolute atomic E-state index is 5.76. The second-order valence-corrected chi connectivity index (χ2v) is 15.8. The van der Waals surface area contributed by atoms with Gasteiger partial charge in [-0.3, -0.25) is 0 Å². The van der Waals surface area contributed by atoms with Crippen molar-refractivity contribution in [3.8, 4) is 11.5 Å². The molecule has 1 aliphatic rings. The van der Waals surface area contributed by atoms with Crippen molar-refractivity contribution < 1.29 is 4.74 Å². The molecule has 19 heavy (non-hydrogen) atoms. The highest BCUT2D eigenvalue weighted by Crippen LogP contribution is 2.80. The van der Waals surface area contributed by atoms with Crippen molar-refractivity contribution in [3.63, 3.8) is 0 Å². The van der Waals surface area contributed by atoms with Crippen molar-refractivity contribution in [2.75, 3.05) is 0 Å². The lowest BCUT2D eigenvalue weighted by Crippen LogP contribution is -2.06. The van der Waals surface area contributed by atoms with Gasteiger partial charge < -0.3 is 4.74 Å². The molecule has 96 valence electrons. The first kappa shape index (κ1) is 13.7. The molecule has 3 rings (SSSR count). The van der Waals surface area contributed by atoms with Crippen molar-refractivity contribution in [1.29, 1.82) is 0 Å². The smallest absolute Gasteiger partial charge is 0.127 e. The molecule has 6 heteroatoms. The Morgan fingerprint density at radius 1 is 0.842 bits per heavy atom. The standard InChI is InChI=1S/C13H9OPS4/c16-13-18-15(17,19-13)12-8-6-11(7-9-12)14-10-4-2-1-3-5-10/h1-9H. The molecule has 2 aromatic rings. The van der Waals surface area contributed by atoms with Crippen LogP contribution in [0.1, 0.15) is 0 Å². The third-order valence-corrected chi connectivity index (χ3v) is 13.8. The third-order valence-electron chi connectivity index (χ3n) is 2.52. The summed E-state index contributed by atoms with van der Waals surface area (Å²) in [6.45, 7) is 0. The molecule has 1 aliphatic heterocycles. The zero-order chi connectivity index (χ0) is 13.3. The van der Waals surface area contributed by atoms with Crippen LogP contribution in [0.5, 0.6) is 11.5 Å². The number of hydrogen-bond acceptors (Lipinski definition) is 5. The molecule has 1 fully saturated rings. The molecule has 1 nitrogen and oxygen atoms in total. The molecular weight excluding hydrogens is 331 g/mol. The molecule has 0 unspecified atom stereocenters. The molecule has 0 amide bonds. The average molecular weight is 340 g/mol. The fraction of sp³-hybridized carbons (Fsp3) is 0. The molecule has 0 N–H and O–H groups in total. The minimum atomic E-state index is -1.53. The molecule has 0 aromatic heterocycles. The van der Waals surface area contributed by atoms with E-state index in [0.29, 0.717) is 0 Å². The monoisotopic (exact) mass is 340 g/mol. The topological polar surface area (TPSA) is 9.23 Å². The largest absolute Gasteiger partial charge is 0.457 e. The van der Waals surface area contributed by atoms with E-state index in [1.165, 1.54) is 5.30 Å². The number of para-hydroxylation sites is 1. The summed E-state index contributed by atoms with van der Waals surface area (Å²) < 4.78 is 5.19. The van der Waals surface area contributed by atoms with E-state index in [0.717, 1.165) is 15.0 Å². The number of thiocarbonyl (C=S) groups is 1. The lowest BCUT2D eigenvalue weighted by molar-refractivity contribution is 0.483. The van der Waals surface area contributed by atoms with Crippen molar-refractivity contribution in [2.24, 2.45) is 0 Å². The summed E-state index contributed by atoms with van der Waals surface area (Å²) in [5.74, 6) is 1.67. The van der Waals surface area contributed by atoms with Gasteiger partial charge in [0.25, 0.3) is 0 Å². The van der Waals surface area contributed by atoms with Crippen LogP contribution in [0.25, 0.3) is 0 Å². The van der Waals surface area contributed by atoms with Crippen molar-refractivity contribution >= 4 is 60.1 Å². The summed E-state index contributed by atoms with van der Waals surface area (Å²) in [6, 6.07) is 17.8. The summed E-state index contributed by atoms with van der Waals surface area (Å²) in [7, 11) is 0. The SMILES string of the molecule is S=C1SP(=S)(c2ccc(Oc3ccccc3)cc2)S1. The maximum atomic E-state index is 5.76. The van der Waals surface area contributed by atoms with Gasteiger partial charge in [0.05, 0.1) is 4.44 Å². The van der Waals surface area contributed by atoms with Crippen LogP contribution in [0.2, 0.25) is 0 Å². The lowest BCUT2D eigenvalue weighted by Gasteiger charge is -2.29. The van der Waals surface area contributed by atoms with E-state index in [2.05, 4.69) is 12.1 Å². The Balaban J connectivity index is 1.76. The Kier molecular flexibility index (Phi) is 4.01. The zero-order valence-electron chi connectivity index (χ0n) is 9.68. The molecule has 0 radical (unpaired) electrons. The van der Waals surface area contributed by atoms with Gasteiger partial charge in [0.1, 0.15) is 15.0 Å². The molecule has 2 aromatic carbocycles. The van der Waals surface area contributed by atoms with Gasteiger partial charge in [0.2, 0.25) is 0 Å². The van der Waals surface area contributed by atoms with Gasteiger partial charge in [-0.1, -0.05) is 65.0 Å². The van der Waals surface area contributed by atoms with Gasteiger partial charge >= 0.3 is 0 Å². The number of benzene rings is 2. The fourth-order valence-electron chi connectivity index (χ4n) is 1.63. The normalized spacial score (nSPS) is 16.7. The maximum Gasteiger partial charge on any atom is 0.127 e. The van der Waals surface area contributed by atoms with E-state index in [-0.39, 0.29) is 0 Å². The number of hydrogen-bond donors (Lipinski definition) is 0. The van der Waals surface area contributed by atoms with Crippen LogP contribution in [-0.2, 0) is 11.8 Å². The molecule has 1 heterocycles. The van der Waals surface area contributed by atoms with Crippen molar-refractivity contribution in [3.05, 3.63) is 54.6 Å². The minimum absolute atomic E-state index is 0.828. The molecule has 0 aliphatic carbocycles. The predicted molar refractivity (Wildman–Crippen MR) is 94.7 cm³/mol. The summed E-state index contributed by atoms with van der Waals surface area (Å²) in [5.41, 5.74) is 0. The first-order chi connectivity index (χ1) is 9.16. The fourth-order valence-corrected chi connectivity index (χ4v) is 14.3. The predicted octanol–water partition coefficient (Wildman–Crippen LogP) is 5.18. The van der Waals surface area contributed by atoms with Gasteiger partial charge in [-0.25, -0.2) is 0 Å². The molecule has 0 saturated carbocycles. The number of rotatable bonds is 3. The lowest BCUT2D eigenvalue weighted by atomic mass is 10.3. The highest BCUT2D eigenvalue weighted by atomic mass is 33.3. The van der Waals surface area contributed by atoms with E-state index in [4.69, 9.17) is 28.8 Å².